The fourth-order valence-corrected chi connectivity index (χ4v) is 2.75. The van der Waals surface area contributed by atoms with Crippen molar-refractivity contribution in [3.05, 3.63) is 0 Å². The van der Waals surface area contributed by atoms with Gasteiger partial charge in [0.25, 0.3) is 0 Å². The lowest BCUT2D eigenvalue weighted by atomic mass is 9.90. The van der Waals surface area contributed by atoms with Gasteiger partial charge in [0.2, 0.25) is 0 Å². The molecule has 0 aromatic rings. The summed E-state index contributed by atoms with van der Waals surface area (Å²) in [4.78, 5) is 24.9. The number of ketones is 1. The predicted molar refractivity (Wildman–Crippen MR) is 75.6 cm³/mol. The normalized spacial score (nSPS) is 19.2. The van der Waals surface area contributed by atoms with Crippen molar-refractivity contribution in [2.45, 2.75) is 44.9 Å². The molecule has 0 unspecified atom stereocenters. The van der Waals surface area contributed by atoms with Crippen LogP contribution in [0, 0.1) is 0 Å². The highest BCUT2D eigenvalue weighted by Crippen LogP contribution is 2.29. The van der Waals surface area contributed by atoms with E-state index in [4.69, 9.17) is 4.74 Å². The Bertz CT molecular complexity index is 515. The molecule has 0 aromatic carbocycles. The number of alkyl halides is 1. The molecule has 0 saturated carbocycles. The fraction of sp³-hybridized carbons (Fsp3) is 0.846. The maximum absolute atomic E-state index is 14.5. The summed E-state index contributed by atoms with van der Waals surface area (Å²) >= 11 is 0. The van der Waals surface area contributed by atoms with Gasteiger partial charge in [-0.05, 0) is 20.8 Å². The van der Waals surface area contributed by atoms with Crippen LogP contribution in [0.15, 0.2) is 0 Å². The summed E-state index contributed by atoms with van der Waals surface area (Å²) in [5.41, 5.74) is -2.82. The molecule has 0 aromatic heterocycles. The number of carbonyl (C=O) groups is 2. The third kappa shape index (κ3) is 5.61. The molecule has 1 aliphatic rings. The first kappa shape index (κ1) is 17.9. The summed E-state index contributed by atoms with van der Waals surface area (Å²) < 4.78 is 41.8. The lowest BCUT2D eigenvalue weighted by Crippen LogP contribution is -2.50. The van der Waals surface area contributed by atoms with Crippen molar-refractivity contribution in [1.29, 1.82) is 0 Å². The molecule has 122 valence electrons. The maximum atomic E-state index is 14.5. The number of piperidine rings is 1. The summed E-state index contributed by atoms with van der Waals surface area (Å²) in [7, 11) is -3.56. The minimum absolute atomic E-state index is 0.0287. The van der Waals surface area contributed by atoms with Gasteiger partial charge in [0.1, 0.15) is 11.4 Å². The molecule has 0 N–H and O–H groups in total. The lowest BCUT2D eigenvalue weighted by molar-refractivity contribution is -0.131. The van der Waals surface area contributed by atoms with E-state index >= 15 is 0 Å². The Balaban J connectivity index is 2.62. The second-order valence-corrected chi connectivity index (χ2v) is 8.57. The molecule has 1 amide bonds. The van der Waals surface area contributed by atoms with Gasteiger partial charge in [-0.3, -0.25) is 4.79 Å². The molecule has 6 nitrogen and oxygen atoms in total. The summed E-state index contributed by atoms with van der Waals surface area (Å²) in [6.07, 6.45) is -0.0780. The van der Waals surface area contributed by atoms with E-state index in [-0.39, 0.29) is 25.9 Å². The van der Waals surface area contributed by atoms with E-state index in [1.54, 1.807) is 20.8 Å². The van der Waals surface area contributed by atoms with Gasteiger partial charge in [-0.1, -0.05) is 0 Å². The largest absolute Gasteiger partial charge is 0.444 e. The second-order valence-electron chi connectivity index (χ2n) is 6.43. The molecule has 1 fully saturated rings. The van der Waals surface area contributed by atoms with Crippen LogP contribution in [0.5, 0.6) is 0 Å². The van der Waals surface area contributed by atoms with Crippen LogP contribution in [0.1, 0.15) is 33.6 Å². The molecule has 1 heterocycles. The molecule has 0 spiro atoms. The standard InChI is InChI=1S/C13H22FNO5S/c1-12(2,3)20-11(17)15-7-5-13(14,6-8-15)10(16)9-21(4,18)19/h5-9H2,1-4H3. The number of carbonyl (C=O) groups excluding carboxylic acids is 2. The first-order valence-electron chi connectivity index (χ1n) is 6.70. The van der Waals surface area contributed by atoms with Gasteiger partial charge in [-0.25, -0.2) is 17.6 Å². The highest BCUT2D eigenvalue weighted by Gasteiger charge is 2.43. The zero-order chi connectivity index (χ0) is 16.5. The van der Waals surface area contributed by atoms with Crippen molar-refractivity contribution in [2.75, 3.05) is 25.1 Å². The Labute approximate surface area is 124 Å². The molecule has 1 saturated heterocycles. The number of hydrogen-bond acceptors (Lipinski definition) is 5. The van der Waals surface area contributed by atoms with Crippen LogP contribution in [0.2, 0.25) is 0 Å². The van der Waals surface area contributed by atoms with Crippen LogP contribution >= 0.6 is 0 Å². The SMILES string of the molecule is CC(C)(C)OC(=O)N1CCC(F)(C(=O)CS(C)(=O)=O)CC1. The summed E-state index contributed by atoms with van der Waals surface area (Å²) in [6, 6.07) is 0. The molecule has 1 aliphatic heterocycles. The van der Waals surface area contributed by atoms with Gasteiger partial charge in [0, 0.05) is 32.2 Å². The predicted octanol–water partition coefficient (Wildman–Crippen LogP) is 1.34. The Morgan fingerprint density at radius 1 is 1.24 bits per heavy atom. The highest BCUT2D eigenvalue weighted by atomic mass is 32.2. The number of likely N-dealkylation sites (tertiary alicyclic amines) is 1. The number of halogens is 1. The van der Waals surface area contributed by atoms with Crippen LogP contribution < -0.4 is 0 Å². The van der Waals surface area contributed by atoms with E-state index in [9.17, 15) is 22.4 Å². The Hall–Kier alpha value is -1.18. The number of hydrogen-bond donors (Lipinski definition) is 0. The third-order valence-electron chi connectivity index (χ3n) is 3.10. The first-order valence-corrected chi connectivity index (χ1v) is 8.76. The smallest absolute Gasteiger partial charge is 0.410 e. The van der Waals surface area contributed by atoms with Crippen LogP contribution in [-0.4, -0.2) is 61.6 Å². The van der Waals surface area contributed by atoms with Crippen LogP contribution in [0.3, 0.4) is 0 Å². The number of sulfone groups is 1. The highest BCUT2D eigenvalue weighted by molar-refractivity contribution is 7.91. The molecular formula is C13H22FNO5S. The van der Waals surface area contributed by atoms with E-state index in [0.717, 1.165) is 6.26 Å². The van der Waals surface area contributed by atoms with Crippen LogP contribution in [0.25, 0.3) is 0 Å². The van der Waals surface area contributed by atoms with Crippen molar-refractivity contribution in [3.8, 4) is 0 Å². The van der Waals surface area contributed by atoms with E-state index in [1.807, 2.05) is 0 Å². The molecule has 21 heavy (non-hydrogen) atoms. The lowest BCUT2D eigenvalue weighted by Gasteiger charge is -2.36. The van der Waals surface area contributed by atoms with E-state index in [2.05, 4.69) is 0 Å². The summed E-state index contributed by atoms with van der Waals surface area (Å²) in [6.45, 7) is 5.24. The minimum atomic E-state index is -3.56. The topological polar surface area (TPSA) is 80.8 Å². The third-order valence-corrected chi connectivity index (χ3v) is 3.89. The van der Waals surface area contributed by atoms with Gasteiger partial charge in [-0.2, -0.15) is 0 Å². The van der Waals surface area contributed by atoms with Gasteiger partial charge in [0.15, 0.2) is 21.3 Å². The Morgan fingerprint density at radius 3 is 2.10 bits per heavy atom. The number of nitrogens with zero attached hydrogens (tertiary/aromatic N) is 1. The van der Waals surface area contributed by atoms with Crippen molar-refractivity contribution in [3.63, 3.8) is 0 Å². The first-order chi connectivity index (χ1) is 9.32. The molecular weight excluding hydrogens is 301 g/mol. The van der Waals surface area contributed by atoms with Crippen LogP contribution in [0.4, 0.5) is 9.18 Å². The summed E-state index contributed by atoms with van der Waals surface area (Å²) in [5, 5.41) is 0. The van der Waals surface area contributed by atoms with E-state index in [1.165, 1.54) is 4.90 Å². The van der Waals surface area contributed by atoms with Crippen molar-refractivity contribution >= 4 is 21.7 Å². The van der Waals surface area contributed by atoms with Crippen molar-refractivity contribution in [2.24, 2.45) is 0 Å². The average molecular weight is 323 g/mol. The Kier molecular flexibility index (Phi) is 5.02. The number of rotatable bonds is 3. The Morgan fingerprint density at radius 2 is 1.71 bits per heavy atom. The second kappa shape index (κ2) is 5.90. The molecule has 0 atom stereocenters. The maximum Gasteiger partial charge on any atom is 0.410 e. The minimum Gasteiger partial charge on any atom is -0.444 e. The van der Waals surface area contributed by atoms with E-state index < -0.39 is 38.7 Å². The van der Waals surface area contributed by atoms with Gasteiger partial charge < -0.3 is 9.64 Å². The molecule has 0 radical (unpaired) electrons. The van der Waals surface area contributed by atoms with Crippen LogP contribution in [-0.2, 0) is 19.4 Å². The van der Waals surface area contributed by atoms with Gasteiger partial charge >= 0.3 is 6.09 Å². The van der Waals surface area contributed by atoms with Gasteiger partial charge in [-0.15, -0.1) is 0 Å². The number of Topliss-reactive ketones (excluding diaryl/α,β-unsaturated/α-hetero) is 1. The van der Waals surface area contributed by atoms with Gasteiger partial charge in [0.05, 0.1) is 0 Å². The number of amides is 1. The zero-order valence-corrected chi connectivity index (χ0v) is 13.6. The number of ether oxygens (including phenoxy) is 1. The molecule has 8 heteroatoms. The quantitative estimate of drug-likeness (QED) is 0.783. The molecule has 1 rings (SSSR count). The molecule has 0 aliphatic carbocycles. The zero-order valence-electron chi connectivity index (χ0n) is 12.8. The van der Waals surface area contributed by atoms with Crippen molar-refractivity contribution < 1.29 is 27.1 Å². The van der Waals surface area contributed by atoms with E-state index in [0.29, 0.717) is 0 Å². The fourth-order valence-electron chi connectivity index (χ4n) is 2.02. The van der Waals surface area contributed by atoms with Crippen molar-refractivity contribution in [1.82, 2.24) is 4.90 Å². The monoisotopic (exact) mass is 323 g/mol. The summed E-state index contributed by atoms with van der Waals surface area (Å²) in [5.74, 6) is -1.75. The molecule has 0 bridgehead atoms. The average Bonchev–Trinajstić information content (AvgIpc) is 2.25.